The topological polar surface area (TPSA) is 50.8 Å². The van der Waals surface area contributed by atoms with Crippen molar-refractivity contribution in [3.8, 4) is 11.5 Å². The Kier molecular flexibility index (Phi) is 6.05. The van der Waals surface area contributed by atoms with Gasteiger partial charge < -0.3 is 19.7 Å². The number of ether oxygens (including phenoxy) is 2. The summed E-state index contributed by atoms with van der Waals surface area (Å²) in [5, 5.41) is 3.08. The number of nitrogens with one attached hydrogen (secondary N) is 1. The van der Waals surface area contributed by atoms with Gasteiger partial charge in [0.1, 0.15) is 17.6 Å². The van der Waals surface area contributed by atoms with Crippen LogP contribution < -0.4 is 14.8 Å². The molecular formula is C24H36N2O3. The van der Waals surface area contributed by atoms with Crippen LogP contribution in [0, 0.1) is 5.41 Å². The predicted octanol–water partition coefficient (Wildman–Crippen LogP) is 4.40. The number of likely N-dealkylation sites (tertiary alicyclic amines) is 1. The monoisotopic (exact) mass is 400 g/mol. The summed E-state index contributed by atoms with van der Waals surface area (Å²) in [7, 11) is 1.65. The Morgan fingerprint density at radius 2 is 1.90 bits per heavy atom. The summed E-state index contributed by atoms with van der Waals surface area (Å²) in [5.41, 5.74) is 1.09. The zero-order chi connectivity index (χ0) is 20.4. The van der Waals surface area contributed by atoms with Crippen molar-refractivity contribution in [3.63, 3.8) is 0 Å². The lowest BCUT2D eigenvalue weighted by atomic mass is 9.74. The number of piperidine rings is 1. The van der Waals surface area contributed by atoms with Gasteiger partial charge in [0.25, 0.3) is 5.91 Å². The number of carbonyl (C=O) groups is 1. The molecule has 3 aliphatic rings. The van der Waals surface area contributed by atoms with Crippen molar-refractivity contribution in [2.24, 2.45) is 5.41 Å². The van der Waals surface area contributed by atoms with E-state index in [1.807, 2.05) is 18.2 Å². The van der Waals surface area contributed by atoms with Crippen LogP contribution in [0.15, 0.2) is 18.2 Å². The molecule has 0 radical (unpaired) electrons. The Morgan fingerprint density at radius 3 is 2.55 bits per heavy atom. The van der Waals surface area contributed by atoms with E-state index in [2.05, 4.69) is 24.1 Å². The van der Waals surface area contributed by atoms with Gasteiger partial charge in [0.15, 0.2) is 0 Å². The highest BCUT2D eigenvalue weighted by Gasteiger charge is 2.34. The molecule has 160 valence electrons. The first-order valence-corrected chi connectivity index (χ1v) is 11.3. The standard InChI is InChI=1S/C24H36N2O3/c1-24(2)12-4-5-18(16-24)26-13-10-19(11-14-26)29-22-15-20(28-3)8-9-21(22)23(27)25-17-6-7-17/h8-9,15,17-19H,4-7,10-14,16H2,1-3H3,(H,25,27)/t18-/m0/s1. The molecule has 0 bridgehead atoms. The van der Waals surface area contributed by atoms with E-state index in [1.165, 1.54) is 25.7 Å². The number of nitrogens with zero attached hydrogens (tertiary/aromatic N) is 1. The van der Waals surface area contributed by atoms with Gasteiger partial charge in [0, 0.05) is 31.2 Å². The second kappa shape index (κ2) is 8.55. The summed E-state index contributed by atoms with van der Waals surface area (Å²) in [6, 6.07) is 6.57. The molecule has 1 N–H and O–H groups in total. The molecule has 3 fully saturated rings. The lowest BCUT2D eigenvalue weighted by molar-refractivity contribution is 0.0395. The van der Waals surface area contributed by atoms with E-state index in [1.54, 1.807) is 7.11 Å². The van der Waals surface area contributed by atoms with Crippen LogP contribution in [0.2, 0.25) is 0 Å². The minimum atomic E-state index is -0.0352. The maximum atomic E-state index is 12.6. The van der Waals surface area contributed by atoms with Crippen molar-refractivity contribution < 1.29 is 14.3 Å². The van der Waals surface area contributed by atoms with Crippen molar-refractivity contribution in [3.05, 3.63) is 23.8 Å². The number of rotatable bonds is 6. The fourth-order valence-electron chi connectivity index (χ4n) is 4.91. The Morgan fingerprint density at radius 1 is 1.14 bits per heavy atom. The number of methoxy groups -OCH3 is 1. The summed E-state index contributed by atoms with van der Waals surface area (Å²) in [6.45, 7) is 6.98. The van der Waals surface area contributed by atoms with Crippen LogP contribution in [0.1, 0.15) is 75.6 Å². The molecule has 5 heteroatoms. The molecule has 5 nitrogen and oxygen atoms in total. The third-order valence-electron chi connectivity index (χ3n) is 6.81. The van der Waals surface area contributed by atoms with E-state index >= 15 is 0 Å². The first-order valence-electron chi connectivity index (χ1n) is 11.3. The predicted molar refractivity (Wildman–Crippen MR) is 115 cm³/mol. The van der Waals surface area contributed by atoms with Gasteiger partial charge in [-0.1, -0.05) is 20.3 Å². The van der Waals surface area contributed by atoms with Gasteiger partial charge in [-0.15, -0.1) is 0 Å². The first-order chi connectivity index (χ1) is 13.9. The number of amides is 1. The second-order valence-electron chi connectivity index (χ2n) is 9.88. The summed E-state index contributed by atoms with van der Waals surface area (Å²) in [6.07, 6.45) is 9.67. The highest BCUT2D eigenvalue weighted by molar-refractivity contribution is 5.97. The minimum Gasteiger partial charge on any atom is -0.497 e. The molecule has 1 amide bonds. The molecule has 1 aromatic carbocycles. The fourth-order valence-corrected chi connectivity index (χ4v) is 4.91. The van der Waals surface area contributed by atoms with E-state index < -0.39 is 0 Å². The van der Waals surface area contributed by atoms with Gasteiger partial charge in [-0.2, -0.15) is 0 Å². The van der Waals surface area contributed by atoms with E-state index in [9.17, 15) is 4.79 Å². The average Bonchev–Trinajstić information content (AvgIpc) is 3.51. The minimum absolute atomic E-state index is 0.0352. The van der Waals surface area contributed by atoms with Crippen LogP contribution in [-0.2, 0) is 0 Å². The molecule has 4 rings (SSSR count). The molecule has 1 atom stereocenters. The molecule has 0 aromatic heterocycles. The zero-order valence-electron chi connectivity index (χ0n) is 18.2. The van der Waals surface area contributed by atoms with Crippen LogP contribution in [-0.4, -0.2) is 49.2 Å². The summed E-state index contributed by atoms with van der Waals surface area (Å²) >= 11 is 0. The molecule has 1 aliphatic heterocycles. The number of hydrogen-bond acceptors (Lipinski definition) is 4. The molecule has 2 saturated carbocycles. The SMILES string of the molecule is COc1ccc(C(=O)NC2CC2)c(OC2CCN([C@H]3CCCC(C)(C)C3)CC2)c1. The maximum absolute atomic E-state index is 12.6. The molecule has 29 heavy (non-hydrogen) atoms. The highest BCUT2D eigenvalue weighted by atomic mass is 16.5. The van der Waals surface area contributed by atoms with Crippen LogP contribution >= 0.6 is 0 Å². The van der Waals surface area contributed by atoms with Crippen molar-refractivity contribution >= 4 is 5.91 Å². The van der Waals surface area contributed by atoms with Crippen LogP contribution in [0.5, 0.6) is 11.5 Å². The molecular weight excluding hydrogens is 364 g/mol. The van der Waals surface area contributed by atoms with E-state index in [0.717, 1.165) is 50.6 Å². The van der Waals surface area contributed by atoms with Gasteiger partial charge in [0.05, 0.1) is 12.7 Å². The van der Waals surface area contributed by atoms with Crippen molar-refractivity contribution in [2.75, 3.05) is 20.2 Å². The Labute approximate surface area is 175 Å². The van der Waals surface area contributed by atoms with Crippen molar-refractivity contribution in [1.29, 1.82) is 0 Å². The lowest BCUT2D eigenvalue weighted by Gasteiger charge is -2.44. The molecule has 2 aliphatic carbocycles. The molecule has 1 aromatic rings. The summed E-state index contributed by atoms with van der Waals surface area (Å²) in [5.74, 6) is 1.34. The molecule has 1 heterocycles. The third kappa shape index (κ3) is 5.25. The highest BCUT2D eigenvalue weighted by Crippen LogP contribution is 2.38. The van der Waals surface area contributed by atoms with Gasteiger partial charge in [0.2, 0.25) is 0 Å². The average molecular weight is 401 g/mol. The van der Waals surface area contributed by atoms with Crippen molar-refractivity contribution in [1.82, 2.24) is 10.2 Å². The smallest absolute Gasteiger partial charge is 0.255 e. The van der Waals surface area contributed by atoms with Gasteiger partial charge in [-0.05, 0) is 62.5 Å². The first kappa shape index (κ1) is 20.5. The Bertz CT molecular complexity index is 721. The van der Waals surface area contributed by atoms with Gasteiger partial charge in [-0.25, -0.2) is 0 Å². The Balaban J connectivity index is 1.37. The van der Waals surface area contributed by atoms with E-state index in [-0.39, 0.29) is 12.0 Å². The van der Waals surface area contributed by atoms with Crippen LogP contribution in [0.4, 0.5) is 0 Å². The number of carbonyl (C=O) groups excluding carboxylic acids is 1. The van der Waals surface area contributed by atoms with E-state index in [0.29, 0.717) is 22.8 Å². The molecule has 0 spiro atoms. The quantitative estimate of drug-likeness (QED) is 0.769. The van der Waals surface area contributed by atoms with Gasteiger partial charge >= 0.3 is 0 Å². The summed E-state index contributed by atoms with van der Waals surface area (Å²) < 4.78 is 11.7. The maximum Gasteiger partial charge on any atom is 0.255 e. The lowest BCUT2D eigenvalue weighted by Crippen LogP contribution is -2.47. The Hall–Kier alpha value is -1.75. The number of benzene rings is 1. The largest absolute Gasteiger partial charge is 0.497 e. The normalized spacial score (nSPS) is 25.4. The zero-order valence-corrected chi connectivity index (χ0v) is 18.2. The van der Waals surface area contributed by atoms with Crippen LogP contribution in [0.25, 0.3) is 0 Å². The van der Waals surface area contributed by atoms with Crippen LogP contribution in [0.3, 0.4) is 0 Å². The van der Waals surface area contributed by atoms with E-state index in [4.69, 9.17) is 9.47 Å². The number of hydrogen-bond donors (Lipinski definition) is 1. The summed E-state index contributed by atoms with van der Waals surface area (Å²) in [4.78, 5) is 15.3. The van der Waals surface area contributed by atoms with Gasteiger partial charge in [-0.3, -0.25) is 4.79 Å². The molecule has 1 saturated heterocycles. The second-order valence-corrected chi connectivity index (χ2v) is 9.88. The third-order valence-corrected chi connectivity index (χ3v) is 6.81. The van der Waals surface area contributed by atoms with Crippen molar-refractivity contribution in [2.45, 2.75) is 83.4 Å². The fraction of sp³-hybridized carbons (Fsp3) is 0.708. The molecule has 0 unspecified atom stereocenters.